The number of fused-ring (bicyclic) bond motifs is 3. The van der Waals surface area contributed by atoms with E-state index in [4.69, 9.17) is 31.7 Å². The zero-order valence-corrected chi connectivity index (χ0v) is 45.4. The highest BCUT2D eigenvalue weighted by Gasteiger charge is 2.50. The van der Waals surface area contributed by atoms with E-state index in [1.807, 2.05) is 43.3 Å². The topological polar surface area (TPSA) is 227 Å². The van der Waals surface area contributed by atoms with Crippen LogP contribution in [0.2, 0.25) is 0 Å². The minimum absolute atomic E-state index is 0.00145. The van der Waals surface area contributed by atoms with Crippen molar-refractivity contribution in [3.05, 3.63) is 197 Å². The number of benzene rings is 5. The predicted molar refractivity (Wildman–Crippen MR) is 311 cm³/mol. The smallest absolute Gasteiger partial charge is 0.479 e. The monoisotopic (exact) mass is 1110 g/mol. The molecule has 18 heteroatoms. The molecule has 80 heavy (non-hydrogen) atoms. The summed E-state index contributed by atoms with van der Waals surface area (Å²) in [6, 6.07) is 39.4. The fourth-order valence-electron chi connectivity index (χ4n) is 10.9. The fraction of sp³-hybridized carbons (Fsp3) is 0.274. The first kappa shape index (κ1) is 58.2. The molecule has 6 atom stereocenters. The number of carbonyl (C=O) groups excluding carboxylic acids is 2. The Balaban J connectivity index is 0.000000146. The van der Waals surface area contributed by atoms with Crippen molar-refractivity contribution in [1.82, 2.24) is 0 Å². The van der Waals surface area contributed by atoms with E-state index in [9.17, 15) is 31.2 Å². The minimum Gasteiger partial charge on any atom is -0.479 e. The molecule has 14 rings (SSSR count). The third-order valence-electron chi connectivity index (χ3n) is 14.9. The van der Waals surface area contributed by atoms with Gasteiger partial charge in [-0.25, -0.2) is 0 Å². The maximum Gasteiger partial charge on any atom is 0.534 e. The van der Waals surface area contributed by atoms with E-state index in [2.05, 4.69) is 99.8 Å². The van der Waals surface area contributed by atoms with Gasteiger partial charge < -0.3 is 41.1 Å². The van der Waals surface area contributed by atoms with Crippen LogP contribution < -0.4 is 27.6 Å². The number of nitrogens with one attached hydrogen (secondary N) is 3. The average molecular weight is 1110 g/mol. The van der Waals surface area contributed by atoms with Gasteiger partial charge in [0.15, 0.2) is 6.40 Å². The van der Waals surface area contributed by atoms with Crippen molar-refractivity contribution in [1.29, 1.82) is 5.41 Å². The number of nitrogens with two attached hydrogens (primary N) is 2. The summed E-state index contributed by atoms with van der Waals surface area (Å²) in [6.45, 7) is 5.25. The molecular weight excluding hydrogens is 1040 g/mol. The summed E-state index contributed by atoms with van der Waals surface area (Å²) in [5.74, 6) is 1.26. The molecule has 0 fully saturated rings. The molecule has 0 heterocycles. The highest BCUT2D eigenvalue weighted by molar-refractivity contribution is 7.87. The fourth-order valence-corrected chi connectivity index (χ4v) is 11.5. The Morgan fingerprint density at radius 3 is 1.27 bits per heavy atom. The van der Waals surface area contributed by atoms with Crippen molar-refractivity contribution in [2.24, 2.45) is 35.5 Å². The number of ether oxygens (including phenoxy) is 1. The minimum atomic E-state index is -5.53. The number of nitrogen functional groups attached to an aromatic ring is 2. The van der Waals surface area contributed by atoms with Gasteiger partial charge in [0.05, 0.1) is 0 Å². The van der Waals surface area contributed by atoms with Gasteiger partial charge in [0.25, 0.3) is 0 Å². The third-order valence-corrected chi connectivity index (χ3v) is 15.9. The van der Waals surface area contributed by atoms with Gasteiger partial charge in [0.2, 0.25) is 11.8 Å². The molecule has 0 aliphatic heterocycles. The summed E-state index contributed by atoms with van der Waals surface area (Å²) in [7, 11) is -7.00. The Labute approximate surface area is 465 Å². The van der Waals surface area contributed by atoms with Crippen molar-refractivity contribution in [2.45, 2.75) is 71.4 Å². The molecule has 0 spiro atoms. The van der Waals surface area contributed by atoms with E-state index in [0.717, 1.165) is 41.0 Å². The van der Waals surface area contributed by atoms with Gasteiger partial charge in [-0.05, 0) is 156 Å². The van der Waals surface area contributed by atoms with Crippen LogP contribution in [-0.2, 0) is 35.2 Å². The van der Waals surface area contributed by atoms with Crippen LogP contribution >= 0.6 is 0 Å². The zero-order valence-electron chi connectivity index (χ0n) is 44.6. The Kier molecular flexibility index (Phi) is 18.5. The second kappa shape index (κ2) is 25.5. The van der Waals surface area contributed by atoms with E-state index in [0.29, 0.717) is 47.8 Å². The Bertz CT molecular complexity index is 3290. The van der Waals surface area contributed by atoms with E-state index in [1.165, 1.54) is 102 Å². The van der Waals surface area contributed by atoms with Gasteiger partial charge in [0, 0.05) is 72.1 Å². The summed E-state index contributed by atoms with van der Waals surface area (Å²) >= 11 is 0. The summed E-state index contributed by atoms with van der Waals surface area (Å²) in [4.78, 5) is 21.8. The average Bonchev–Trinajstić information content (AvgIpc) is 3.52. The first-order valence-electron chi connectivity index (χ1n) is 26.5. The molecule has 0 radical (unpaired) electrons. The molecule has 6 unspecified atom stereocenters. The molecule has 6 bridgehead atoms. The van der Waals surface area contributed by atoms with Gasteiger partial charge in [-0.2, -0.15) is 21.6 Å². The molecule has 5 aromatic rings. The molecule has 5 aromatic carbocycles. The van der Waals surface area contributed by atoms with E-state index >= 15 is 0 Å². The van der Waals surface area contributed by atoms with Crippen molar-refractivity contribution in [3.8, 4) is 0 Å². The van der Waals surface area contributed by atoms with Gasteiger partial charge in [-0.1, -0.05) is 109 Å². The summed E-state index contributed by atoms with van der Waals surface area (Å²) < 4.78 is 67.4. The molecule has 9 aliphatic rings. The second-order valence-electron chi connectivity index (χ2n) is 20.6. The standard InChI is InChI=1S/C24H24N2O2.C20H20N2.C10H11F3O3S.C8H10BNO3/c1-16(27)26-22-10-8-19(9-11-22)24-13-20-6-7-21(24)12-23(20)18-4-2-17(3-5-18)14-28-15-25;21-17-7-3-13(4-8-17)19-12-16-2-1-15(19)11-20(16)14-5-9-18(22)10-6-14;1-6-4-8-3-2-7(6)5-9(8)16-17(14,15)10(11,12)13;1-6(11)10-8-4-2-7(3-5-8)9(12)13/h2-5,8-13,15,20-21,25H,6-7,14H2,1H3,(H,26,27);3-12,15-16H,1-2,21-22H2;4-5,7-8H,2-3H2,1H3;2-5,12-13H,1H3,(H,10,11). The second-order valence-corrected chi connectivity index (χ2v) is 22.2. The number of carbonyl (C=O) groups is 2. The summed E-state index contributed by atoms with van der Waals surface area (Å²) in [6.07, 6.45) is 20.3. The molecule has 9 N–H and O–H groups in total. The Hall–Kier alpha value is -7.93. The predicted octanol–water partition coefficient (Wildman–Crippen LogP) is 11.7. The number of hydrogen-bond acceptors (Lipinski definition) is 11. The van der Waals surface area contributed by atoms with E-state index in [-0.39, 0.29) is 29.4 Å². The number of amides is 2. The van der Waals surface area contributed by atoms with Crippen LogP contribution in [0.4, 0.5) is 35.9 Å². The maximum atomic E-state index is 12.2. The highest BCUT2D eigenvalue weighted by atomic mass is 32.2. The number of rotatable bonds is 12. The maximum absolute atomic E-state index is 12.2. The molecule has 416 valence electrons. The molecule has 0 aromatic heterocycles. The lowest BCUT2D eigenvalue weighted by Crippen LogP contribution is -2.29. The first-order valence-corrected chi connectivity index (χ1v) is 27.9. The van der Waals surface area contributed by atoms with E-state index in [1.54, 1.807) is 18.2 Å². The lowest BCUT2D eigenvalue weighted by molar-refractivity contribution is -0.115. The van der Waals surface area contributed by atoms with Crippen molar-refractivity contribution in [2.75, 3.05) is 22.1 Å². The van der Waals surface area contributed by atoms with Gasteiger partial charge >= 0.3 is 22.7 Å². The van der Waals surface area contributed by atoms with Crippen LogP contribution in [0.25, 0.3) is 22.3 Å². The molecule has 0 saturated carbocycles. The van der Waals surface area contributed by atoms with Gasteiger partial charge in [-0.15, -0.1) is 0 Å². The van der Waals surface area contributed by atoms with Gasteiger partial charge in [-0.3, -0.25) is 15.0 Å². The van der Waals surface area contributed by atoms with Crippen LogP contribution in [0.5, 0.6) is 0 Å². The molecular formula is C62H65BF3N5O8S. The quantitative estimate of drug-likeness (QED) is 0.0119. The lowest BCUT2D eigenvalue weighted by Gasteiger charge is -2.35. The number of allylic oxidation sites excluding steroid dienone is 11. The van der Waals surface area contributed by atoms with Crippen molar-refractivity contribution >= 4 is 86.0 Å². The van der Waals surface area contributed by atoms with Crippen LogP contribution in [0.1, 0.15) is 87.1 Å². The molecule has 0 saturated heterocycles. The number of hydrogen-bond donors (Lipinski definition) is 7. The highest BCUT2D eigenvalue weighted by Crippen LogP contribution is 2.49. The summed E-state index contributed by atoms with van der Waals surface area (Å²) in [5, 5.41) is 29.9. The van der Waals surface area contributed by atoms with Crippen LogP contribution in [0.3, 0.4) is 0 Å². The number of alkyl halides is 3. The Morgan fingerprint density at radius 1 is 0.588 bits per heavy atom. The lowest BCUT2D eigenvalue weighted by atomic mass is 9.69. The largest absolute Gasteiger partial charge is 0.534 e. The van der Waals surface area contributed by atoms with Crippen LogP contribution in [0.15, 0.2) is 169 Å². The zero-order chi connectivity index (χ0) is 57.3. The number of halogens is 3. The van der Waals surface area contributed by atoms with Crippen molar-refractivity contribution < 1.29 is 50.1 Å². The molecule has 13 nitrogen and oxygen atoms in total. The molecule has 9 aliphatic carbocycles. The van der Waals surface area contributed by atoms with E-state index < -0.39 is 22.7 Å². The Morgan fingerprint density at radius 2 is 0.950 bits per heavy atom. The van der Waals surface area contributed by atoms with Gasteiger partial charge in [0.1, 0.15) is 12.4 Å². The third kappa shape index (κ3) is 14.6. The van der Waals surface area contributed by atoms with Crippen LogP contribution in [-0.4, -0.2) is 49.3 Å². The first-order chi connectivity index (χ1) is 38.1. The normalized spacial score (nSPS) is 21.1. The SMILES string of the molecule is CC(=O)Nc1ccc(B(O)O)cc1.CC(=O)Nc1ccc(C2=CC3CCC2C=C3c2ccc(COC=N)cc2)cc1.CC1=CC2CCC1C=C2OS(=O)(=O)C(F)(F)F.Nc1ccc(C2=CC3CCC2C=C3c2ccc(N)cc2)cc1. The number of anilines is 4. The van der Waals surface area contributed by atoms with Crippen molar-refractivity contribution in [3.63, 3.8) is 0 Å². The molecule has 2 amide bonds. The summed E-state index contributed by atoms with van der Waals surface area (Å²) in [5.41, 5.74) is 22.7. The van der Waals surface area contributed by atoms with Crippen LogP contribution in [0, 0.1) is 40.9 Å².